The SMILES string of the molecule is CC(C)(C)OC(=O)N1CCN(c2ccccc2CN)CC1.CSc1nc(Cl)n2ncc(C(C)C)c2n1.CSc1nc(NCc2ccccc2N2CCCCC2)n2ncc(C(C)C)c2n1. The van der Waals surface area contributed by atoms with Crippen LogP contribution in [0.2, 0.25) is 5.28 Å². The van der Waals surface area contributed by atoms with E-state index in [4.69, 9.17) is 22.1 Å². The Morgan fingerprint density at radius 1 is 0.734 bits per heavy atom. The lowest BCUT2D eigenvalue weighted by Gasteiger charge is -2.37. The van der Waals surface area contributed by atoms with Crippen LogP contribution in [-0.2, 0) is 17.8 Å². The van der Waals surface area contributed by atoms with Crippen LogP contribution in [0.5, 0.6) is 0 Å². The lowest BCUT2D eigenvalue weighted by atomic mass is 10.1. The van der Waals surface area contributed by atoms with E-state index in [-0.39, 0.29) is 6.09 Å². The van der Waals surface area contributed by atoms with Crippen molar-refractivity contribution in [3.63, 3.8) is 0 Å². The smallest absolute Gasteiger partial charge is 0.410 e. The predicted octanol–water partition coefficient (Wildman–Crippen LogP) is 9.40. The van der Waals surface area contributed by atoms with Gasteiger partial charge in [-0.15, -0.1) is 0 Å². The Morgan fingerprint density at radius 3 is 1.81 bits per heavy atom. The number of piperazine rings is 1. The molecule has 2 fully saturated rings. The predicted molar refractivity (Wildman–Crippen MR) is 263 cm³/mol. The van der Waals surface area contributed by atoms with Gasteiger partial charge in [0, 0.05) is 74.9 Å². The van der Waals surface area contributed by atoms with E-state index < -0.39 is 5.60 Å². The van der Waals surface area contributed by atoms with Crippen LogP contribution in [0.25, 0.3) is 11.3 Å². The summed E-state index contributed by atoms with van der Waals surface area (Å²) in [4.78, 5) is 36.5. The number of benzene rings is 2. The molecule has 0 atom stereocenters. The van der Waals surface area contributed by atoms with E-state index in [0.29, 0.717) is 48.5 Å². The van der Waals surface area contributed by atoms with Crippen LogP contribution in [0, 0.1) is 0 Å². The number of aromatic nitrogens is 8. The standard InChI is InChI=1S/C21H28N6S.C16H25N3O2.C9H11ClN4S/c1-15(2)17-14-23-27-19(17)24-21(28-3)25-20(27)22-13-16-9-5-6-10-18(16)26-11-7-4-8-12-26;1-16(2,3)21-15(20)19-10-8-18(9-11-19)14-7-5-4-6-13(14)12-17;1-5(2)6-4-11-14-7(6)12-9(15-3)13-8(14)10/h5-6,9-10,14-15H,4,7-8,11-13H2,1-3H3,(H,22,24,25);4-7H,8-12,17H2,1-3H3;4-5H,1-3H3. The number of ether oxygens (including phenoxy) is 1. The Hall–Kier alpha value is -4.84. The number of fused-ring (bicyclic) bond motifs is 2. The van der Waals surface area contributed by atoms with Crippen LogP contribution in [0.4, 0.5) is 22.1 Å². The molecular weight excluding hydrogens is 866 g/mol. The molecule has 0 saturated carbocycles. The zero-order chi connectivity index (χ0) is 46.0. The van der Waals surface area contributed by atoms with E-state index >= 15 is 0 Å². The Kier molecular flexibility index (Phi) is 17.0. The van der Waals surface area contributed by atoms with Gasteiger partial charge in [-0.1, -0.05) is 87.6 Å². The Balaban J connectivity index is 0.000000167. The zero-order valence-corrected chi connectivity index (χ0v) is 41.1. The number of nitrogens with one attached hydrogen (secondary N) is 1. The molecule has 0 spiro atoms. The fourth-order valence-corrected chi connectivity index (χ4v) is 8.52. The van der Waals surface area contributed by atoms with Gasteiger partial charge in [0.05, 0.1) is 12.4 Å². The monoisotopic (exact) mass is 929 g/mol. The molecule has 0 radical (unpaired) electrons. The maximum Gasteiger partial charge on any atom is 0.410 e. The third kappa shape index (κ3) is 12.3. The summed E-state index contributed by atoms with van der Waals surface area (Å²) in [6.45, 7) is 20.7. The first-order chi connectivity index (χ1) is 30.7. The number of rotatable bonds is 10. The first-order valence-corrected chi connectivity index (χ1v) is 24.9. The third-order valence-electron chi connectivity index (χ3n) is 10.9. The maximum absolute atomic E-state index is 12.0. The highest BCUT2D eigenvalue weighted by Gasteiger charge is 2.26. The van der Waals surface area contributed by atoms with Crippen LogP contribution in [0.3, 0.4) is 0 Å². The molecule has 0 aliphatic carbocycles. The van der Waals surface area contributed by atoms with Gasteiger partial charge in [-0.2, -0.15) is 29.2 Å². The molecule has 0 bridgehead atoms. The van der Waals surface area contributed by atoms with Crippen molar-refractivity contribution < 1.29 is 9.53 Å². The number of para-hydroxylation sites is 2. The Bertz CT molecular complexity index is 2460. The van der Waals surface area contributed by atoms with Crippen LogP contribution >= 0.6 is 35.1 Å². The van der Waals surface area contributed by atoms with Crippen molar-refractivity contribution in [3.8, 4) is 0 Å². The van der Waals surface area contributed by atoms with E-state index in [0.717, 1.165) is 65.3 Å². The van der Waals surface area contributed by atoms with E-state index in [1.165, 1.54) is 48.0 Å². The molecular formula is C46H64ClN13O2S2. The largest absolute Gasteiger partial charge is 0.444 e. The highest BCUT2D eigenvalue weighted by atomic mass is 35.5. The van der Waals surface area contributed by atoms with Crippen LogP contribution in [0.1, 0.15) is 102 Å². The van der Waals surface area contributed by atoms with Crippen molar-refractivity contribution in [3.05, 3.63) is 88.5 Å². The van der Waals surface area contributed by atoms with E-state index in [1.54, 1.807) is 27.4 Å². The summed E-state index contributed by atoms with van der Waals surface area (Å²) >= 11 is 9.03. The zero-order valence-electron chi connectivity index (χ0n) is 38.7. The molecule has 6 heterocycles. The minimum absolute atomic E-state index is 0.228. The number of thioether (sulfide) groups is 2. The maximum atomic E-state index is 12.0. The van der Waals surface area contributed by atoms with Crippen LogP contribution in [0.15, 0.2) is 71.2 Å². The highest BCUT2D eigenvalue weighted by Crippen LogP contribution is 2.28. The number of nitrogens with zero attached hydrogens (tertiary/aromatic N) is 11. The van der Waals surface area contributed by atoms with Gasteiger partial charge in [-0.05, 0) is 99.2 Å². The molecule has 8 rings (SSSR count). The van der Waals surface area contributed by atoms with Crippen molar-refractivity contribution in [1.82, 2.24) is 44.1 Å². The van der Waals surface area contributed by atoms with Crippen molar-refractivity contribution in [1.29, 1.82) is 0 Å². The fraction of sp³-hybridized carbons (Fsp3) is 0.500. The molecule has 6 aromatic rings. The summed E-state index contributed by atoms with van der Waals surface area (Å²) < 4.78 is 8.81. The Morgan fingerprint density at radius 2 is 1.25 bits per heavy atom. The first kappa shape index (κ1) is 48.6. The van der Waals surface area contributed by atoms with Gasteiger partial charge in [0.25, 0.3) is 0 Å². The molecule has 2 saturated heterocycles. The van der Waals surface area contributed by atoms with Crippen molar-refractivity contribution in [2.75, 3.05) is 66.9 Å². The summed E-state index contributed by atoms with van der Waals surface area (Å²) in [5, 5.41) is 14.0. The Labute approximate surface area is 391 Å². The van der Waals surface area contributed by atoms with Crippen LogP contribution in [-0.4, -0.2) is 108 Å². The summed E-state index contributed by atoms with van der Waals surface area (Å²) in [6.07, 6.45) is 11.3. The van der Waals surface area contributed by atoms with Gasteiger partial charge in [-0.25, -0.2) is 14.8 Å². The van der Waals surface area contributed by atoms with Gasteiger partial charge in [0.1, 0.15) is 5.60 Å². The van der Waals surface area contributed by atoms with Gasteiger partial charge >= 0.3 is 6.09 Å². The van der Waals surface area contributed by atoms with Crippen LogP contribution < -0.4 is 20.9 Å². The fourth-order valence-electron chi connectivity index (χ4n) is 7.56. The lowest BCUT2D eigenvalue weighted by molar-refractivity contribution is 0.0240. The second-order valence-corrected chi connectivity index (χ2v) is 19.2. The number of carbonyl (C=O) groups excluding carboxylic acids is 1. The molecule has 2 aromatic carbocycles. The molecule has 4 aromatic heterocycles. The lowest BCUT2D eigenvalue weighted by Crippen LogP contribution is -2.50. The number of nitrogens with two attached hydrogens (primary N) is 1. The van der Waals surface area contributed by atoms with E-state index in [2.05, 4.69) is 109 Å². The second kappa shape index (κ2) is 22.4. The number of hydrogen-bond donors (Lipinski definition) is 2. The van der Waals surface area contributed by atoms with Crippen molar-refractivity contribution >= 4 is 69.8 Å². The summed E-state index contributed by atoms with van der Waals surface area (Å²) in [5.41, 5.74) is 14.2. The number of anilines is 3. The topological polar surface area (TPSA) is 160 Å². The number of amides is 1. The number of hydrogen-bond acceptors (Lipinski definition) is 14. The average molecular weight is 931 g/mol. The summed E-state index contributed by atoms with van der Waals surface area (Å²) in [6, 6.07) is 16.8. The van der Waals surface area contributed by atoms with Gasteiger partial charge in [-0.3, -0.25) is 0 Å². The minimum Gasteiger partial charge on any atom is -0.444 e. The molecule has 2 aliphatic heterocycles. The van der Waals surface area contributed by atoms with Gasteiger partial charge in [0.2, 0.25) is 11.2 Å². The third-order valence-corrected chi connectivity index (χ3v) is 12.3. The molecule has 18 heteroatoms. The summed E-state index contributed by atoms with van der Waals surface area (Å²) in [5.74, 6) is 1.49. The van der Waals surface area contributed by atoms with Crippen molar-refractivity contribution in [2.24, 2.45) is 5.73 Å². The molecule has 64 heavy (non-hydrogen) atoms. The van der Waals surface area contributed by atoms with E-state index in [1.807, 2.05) is 56.1 Å². The van der Waals surface area contributed by atoms with Crippen molar-refractivity contribution in [2.45, 2.75) is 109 Å². The van der Waals surface area contributed by atoms with Gasteiger partial charge in [0.15, 0.2) is 21.6 Å². The van der Waals surface area contributed by atoms with Gasteiger partial charge < -0.3 is 30.5 Å². The number of carbonyl (C=O) groups is 1. The number of piperidine rings is 1. The molecule has 2 aliphatic rings. The quantitative estimate of drug-likeness (QED) is 0.125. The molecule has 3 N–H and O–H groups in total. The van der Waals surface area contributed by atoms with E-state index in [9.17, 15) is 4.79 Å². The second-order valence-electron chi connectivity index (χ2n) is 17.3. The molecule has 0 unspecified atom stereocenters. The molecule has 15 nitrogen and oxygen atoms in total. The first-order valence-electron chi connectivity index (χ1n) is 22.0. The number of halogens is 1. The average Bonchev–Trinajstić information content (AvgIpc) is 3.94. The molecule has 1 amide bonds. The minimum atomic E-state index is -0.444. The molecule has 344 valence electrons. The summed E-state index contributed by atoms with van der Waals surface area (Å²) in [7, 11) is 0. The normalized spacial score (nSPS) is 14.4. The highest BCUT2D eigenvalue weighted by molar-refractivity contribution is 7.98.